The standard InChI is InChI=1S/C21H15BrN4O/c1-2-27-20-8-7-15(22)9-17(20)16-10-19(26-21(25)18(16)12-24)14-5-3-13(11-23)4-6-14/h3-10H,2H2,1H3,(H2,25,26). The van der Waals surface area contributed by atoms with Crippen LogP contribution in [0.4, 0.5) is 5.82 Å². The summed E-state index contributed by atoms with van der Waals surface area (Å²) in [5.41, 5.74) is 9.77. The molecule has 1 heterocycles. The second kappa shape index (κ2) is 7.90. The van der Waals surface area contributed by atoms with Gasteiger partial charge in [0.2, 0.25) is 0 Å². The van der Waals surface area contributed by atoms with Gasteiger partial charge in [-0.05, 0) is 43.3 Å². The molecule has 0 aliphatic carbocycles. The Morgan fingerprint density at radius 2 is 1.78 bits per heavy atom. The average Bonchev–Trinajstić information content (AvgIpc) is 2.69. The zero-order valence-corrected chi connectivity index (χ0v) is 16.1. The van der Waals surface area contributed by atoms with Gasteiger partial charge in [-0.3, -0.25) is 0 Å². The third-order valence-electron chi connectivity index (χ3n) is 4.00. The van der Waals surface area contributed by atoms with Crippen molar-refractivity contribution in [3.8, 4) is 40.3 Å². The Morgan fingerprint density at radius 1 is 1.04 bits per heavy atom. The largest absolute Gasteiger partial charge is 0.493 e. The number of anilines is 1. The van der Waals surface area contributed by atoms with Gasteiger partial charge in [0.1, 0.15) is 23.2 Å². The SMILES string of the molecule is CCOc1ccc(Br)cc1-c1cc(-c2ccc(C#N)cc2)nc(N)c1C#N. The summed E-state index contributed by atoms with van der Waals surface area (Å²) in [5, 5.41) is 18.6. The predicted octanol–water partition coefficient (Wildman–Crippen LogP) is 4.90. The van der Waals surface area contributed by atoms with E-state index in [2.05, 4.69) is 33.1 Å². The van der Waals surface area contributed by atoms with Gasteiger partial charge in [-0.15, -0.1) is 0 Å². The van der Waals surface area contributed by atoms with E-state index in [-0.39, 0.29) is 5.82 Å². The Labute approximate surface area is 165 Å². The van der Waals surface area contributed by atoms with Crippen molar-refractivity contribution in [2.75, 3.05) is 12.3 Å². The van der Waals surface area contributed by atoms with Crippen LogP contribution in [-0.4, -0.2) is 11.6 Å². The van der Waals surface area contributed by atoms with Crippen molar-refractivity contribution < 1.29 is 4.74 Å². The highest BCUT2D eigenvalue weighted by Gasteiger charge is 2.17. The fourth-order valence-corrected chi connectivity index (χ4v) is 3.11. The molecule has 3 aromatic rings. The number of nitrogen functional groups attached to an aromatic ring is 1. The topological polar surface area (TPSA) is 95.7 Å². The van der Waals surface area contributed by atoms with Gasteiger partial charge in [0.05, 0.1) is 23.9 Å². The molecule has 0 bridgehead atoms. The quantitative estimate of drug-likeness (QED) is 0.649. The van der Waals surface area contributed by atoms with Crippen LogP contribution in [0.1, 0.15) is 18.1 Å². The number of nitrogens with zero attached hydrogens (tertiary/aromatic N) is 3. The van der Waals surface area contributed by atoms with Gasteiger partial charge >= 0.3 is 0 Å². The summed E-state index contributed by atoms with van der Waals surface area (Å²) in [6.45, 7) is 2.40. The zero-order chi connectivity index (χ0) is 19.4. The average molecular weight is 419 g/mol. The molecule has 0 radical (unpaired) electrons. The maximum atomic E-state index is 9.62. The minimum Gasteiger partial charge on any atom is -0.493 e. The molecule has 0 spiro atoms. The van der Waals surface area contributed by atoms with E-state index in [1.807, 2.05) is 31.2 Å². The molecule has 0 atom stereocenters. The summed E-state index contributed by atoms with van der Waals surface area (Å²) in [5.74, 6) is 0.811. The molecule has 2 aromatic carbocycles. The first-order chi connectivity index (χ1) is 13.1. The predicted molar refractivity (Wildman–Crippen MR) is 108 cm³/mol. The van der Waals surface area contributed by atoms with Crippen molar-refractivity contribution in [3.05, 3.63) is 64.1 Å². The van der Waals surface area contributed by atoms with Crippen LogP contribution in [0.2, 0.25) is 0 Å². The molecule has 1 aromatic heterocycles. The van der Waals surface area contributed by atoms with E-state index in [4.69, 9.17) is 15.7 Å². The van der Waals surface area contributed by atoms with Crippen molar-refractivity contribution in [1.82, 2.24) is 4.98 Å². The second-order valence-corrected chi connectivity index (χ2v) is 6.61. The third kappa shape index (κ3) is 3.76. The molecule has 0 fully saturated rings. The number of hydrogen-bond donors (Lipinski definition) is 1. The molecule has 0 unspecified atom stereocenters. The summed E-state index contributed by atoms with van der Waals surface area (Å²) in [6.07, 6.45) is 0. The number of pyridine rings is 1. The number of nitriles is 2. The summed E-state index contributed by atoms with van der Waals surface area (Å²) in [4.78, 5) is 4.37. The van der Waals surface area contributed by atoms with Gasteiger partial charge < -0.3 is 10.5 Å². The monoisotopic (exact) mass is 418 g/mol. The fourth-order valence-electron chi connectivity index (χ4n) is 2.75. The molecule has 0 saturated carbocycles. The van der Waals surface area contributed by atoms with Gasteiger partial charge in [-0.25, -0.2) is 4.98 Å². The van der Waals surface area contributed by atoms with E-state index in [1.54, 1.807) is 24.3 Å². The van der Waals surface area contributed by atoms with E-state index in [0.29, 0.717) is 34.7 Å². The fraction of sp³-hybridized carbons (Fsp3) is 0.0952. The molecule has 27 heavy (non-hydrogen) atoms. The first kappa shape index (κ1) is 18.4. The summed E-state index contributed by atoms with van der Waals surface area (Å²) < 4.78 is 6.60. The Morgan fingerprint density at radius 3 is 2.41 bits per heavy atom. The van der Waals surface area contributed by atoms with Crippen molar-refractivity contribution in [1.29, 1.82) is 10.5 Å². The van der Waals surface area contributed by atoms with Crippen molar-refractivity contribution in [3.63, 3.8) is 0 Å². The number of rotatable bonds is 4. The van der Waals surface area contributed by atoms with Crippen LogP contribution >= 0.6 is 15.9 Å². The lowest BCUT2D eigenvalue weighted by atomic mass is 9.97. The summed E-state index contributed by atoms with van der Waals surface area (Å²) >= 11 is 3.47. The Hall–Kier alpha value is -3.35. The number of aromatic nitrogens is 1. The van der Waals surface area contributed by atoms with Gasteiger partial charge in [0.25, 0.3) is 0 Å². The van der Waals surface area contributed by atoms with E-state index < -0.39 is 0 Å². The van der Waals surface area contributed by atoms with Crippen molar-refractivity contribution in [2.24, 2.45) is 0 Å². The highest BCUT2D eigenvalue weighted by Crippen LogP contribution is 2.38. The third-order valence-corrected chi connectivity index (χ3v) is 4.49. The lowest BCUT2D eigenvalue weighted by Crippen LogP contribution is -2.01. The molecule has 3 rings (SSSR count). The minimum absolute atomic E-state index is 0.150. The number of halogens is 1. The molecular weight excluding hydrogens is 404 g/mol. The maximum absolute atomic E-state index is 9.62. The van der Waals surface area contributed by atoms with Crippen LogP contribution in [-0.2, 0) is 0 Å². The molecule has 132 valence electrons. The van der Waals surface area contributed by atoms with Crippen LogP contribution in [0.25, 0.3) is 22.4 Å². The van der Waals surface area contributed by atoms with Gasteiger partial charge in [-0.2, -0.15) is 10.5 Å². The molecule has 5 nitrogen and oxygen atoms in total. The van der Waals surface area contributed by atoms with Crippen molar-refractivity contribution in [2.45, 2.75) is 6.92 Å². The van der Waals surface area contributed by atoms with E-state index in [1.165, 1.54) is 0 Å². The van der Waals surface area contributed by atoms with Gasteiger partial charge in [-0.1, -0.05) is 28.1 Å². The van der Waals surface area contributed by atoms with Crippen molar-refractivity contribution >= 4 is 21.7 Å². The zero-order valence-electron chi connectivity index (χ0n) is 14.5. The number of benzene rings is 2. The van der Waals surface area contributed by atoms with Crippen LogP contribution in [0.3, 0.4) is 0 Å². The second-order valence-electron chi connectivity index (χ2n) is 5.69. The summed E-state index contributed by atoms with van der Waals surface area (Å²) in [7, 11) is 0. The van der Waals surface area contributed by atoms with E-state index in [9.17, 15) is 5.26 Å². The smallest absolute Gasteiger partial charge is 0.142 e. The molecule has 0 aliphatic heterocycles. The van der Waals surface area contributed by atoms with Gasteiger partial charge in [0.15, 0.2) is 0 Å². The van der Waals surface area contributed by atoms with E-state index in [0.717, 1.165) is 15.6 Å². The Balaban J connectivity index is 2.24. The first-order valence-corrected chi connectivity index (χ1v) is 9.00. The van der Waals surface area contributed by atoms with Crippen LogP contribution < -0.4 is 10.5 Å². The molecular formula is C21H15BrN4O. The van der Waals surface area contributed by atoms with E-state index >= 15 is 0 Å². The van der Waals surface area contributed by atoms with Gasteiger partial charge in [0, 0.05) is 21.2 Å². The number of ether oxygens (including phenoxy) is 1. The molecule has 0 saturated heterocycles. The number of nitrogens with two attached hydrogens (primary N) is 1. The highest BCUT2D eigenvalue weighted by molar-refractivity contribution is 9.10. The molecule has 6 heteroatoms. The highest BCUT2D eigenvalue weighted by atomic mass is 79.9. The molecule has 0 aliphatic rings. The molecule has 2 N–H and O–H groups in total. The van der Waals surface area contributed by atoms with Crippen LogP contribution in [0, 0.1) is 22.7 Å². The number of hydrogen-bond acceptors (Lipinski definition) is 5. The minimum atomic E-state index is 0.150. The Bertz CT molecular complexity index is 1080. The maximum Gasteiger partial charge on any atom is 0.142 e. The Kier molecular flexibility index (Phi) is 5.40. The normalized spacial score (nSPS) is 10.1. The summed E-state index contributed by atoms with van der Waals surface area (Å²) in [6, 6.07) is 18.7. The van der Waals surface area contributed by atoms with Crippen LogP contribution in [0.15, 0.2) is 53.0 Å². The first-order valence-electron chi connectivity index (χ1n) is 8.21. The molecule has 0 amide bonds. The van der Waals surface area contributed by atoms with Crippen LogP contribution in [0.5, 0.6) is 5.75 Å². The lowest BCUT2D eigenvalue weighted by Gasteiger charge is -2.14. The lowest BCUT2D eigenvalue weighted by molar-refractivity contribution is 0.341.